The zero-order valence-corrected chi connectivity index (χ0v) is 8.85. The van der Waals surface area contributed by atoms with Gasteiger partial charge < -0.3 is 0 Å². The smallest absolute Gasteiger partial charge is 0.228 e. The summed E-state index contributed by atoms with van der Waals surface area (Å²) in [6.07, 6.45) is 0. The molecule has 13 heavy (non-hydrogen) atoms. The molecule has 0 aliphatic carbocycles. The van der Waals surface area contributed by atoms with Gasteiger partial charge in [0.15, 0.2) is 0 Å². The molecule has 1 aromatic rings. The van der Waals surface area contributed by atoms with E-state index in [4.69, 9.17) is 11.6 Å². The highest BCUT2D eigenvalue weighted by atomic mass is 35.5. The highest BCUT2D eigenvalue weighted by Crippen LogP contribution is 2.23. The van der Waals surface area contributed by atoms with E-state index < -0.39 is 0 Å². The second-order valence-corrected chi connectivity index (χ2v) is 3.69. The zero-order chi connectivity index (χ0) is 10.0. The number of halogens is 1. The molecule has 1 nitrogen and oxygen atoms in total. The Kier molecular flexibility index (Phi) is 3.10. The van der Waals surface area contributed by atoms with Gasteiger partial charge in [-0.2, -0.15) is 0 Å². The Morgan fingerprint density at radius 1 is 1.38 bits per heavy atom. The Balaban J connectivity index is 3.15. The van der Waals surface area contributed by atoms with Crippen molar-refractivity contribution in [2.45, 2.75) is 26.7 Å². The van der Waals surface area contributed by atoms with Crippen molar-refractivity contribution in [1.29, 1.82) is 0 Å². The van der Waals surface area contributed by atoms with Crippen LogP contribution in [0.5, 0.6) is 0 Å². The fourth-order valence-corrected chi connectivity index (χ4v) is 1.48. The number of hydrogen-bond donors (Lipinski definition) is 0. The molecule has 2 heteroatoms. The van der Waals surface area contributed by atoms with E-state index in [0.717, 1.165) is 11.1 Å². The first kappa shape index (κ1) is 10.3. The average molecular weight is 197 g/mol. The first-order valence-electron chi connectivity index (χ1n) is 4.29. The molecule has 0 radical (unpaired) electrons. The molecule has 0 aromatic heterocycles. The molecular weight excluding hydrogens is 184 g/mol. The van der Waals surface area contributed by atoms with Gasteiger partial charge in [0.05, 0.1) is 5.92 Å². The van der Waals surface area contributed by atoms with Crippen LogP contribution in [0, 0.1) is 13.8 Å². The molecule has 1 aromatic carbocycles. The molecule has 0 spiro atoms. The molecular formula is C11H13ClO. The second-order valence-electron chi connectivity index (χ2n) is 3.31. The van der Waals surface area contributed by atoms with Crippen molar-refractivity contribution in [1.82, 2.24) is 0 Å². The lowest BCUT2D eigenvalue weighted by molar-refractivity contribution is -0.112. The number of rotatable bonds is 2. The van der Waals surface area contributed by atoms with Gasteiger partial charge in [-0.15, -0.1) is 0 Å². The Morgan fingerprint density at radius 3 is 2.54 bits per heavy atom. The Morgan fingerprint density at radius 2 is 2.00 bits per heavy atom. The highest BCUT2D eigenvalue weighted by molar-refractivity contribution is 6.64. The third-order valence-electron chi connectivity index (χ3n) is 2.45. The van der Waals surface area contributed by atoms with Gasteiger partial charge in [-0.25, -0.2) is 0 Å². The van der Waals surface area contributed by atoms with Crippen LogP contribution in [0.4, 0.5) is 0 Å². The van der Waals surface area contributed by atoms with Crippen LogP contribution in [0.2, 0.25) is 0 Å². The van der Waals surface area contributed by atoms with E-state index in [-0.39, 0.29) is 11.2 Å². The summed E-state index contributed by atoms with van der Waals surface area (Å²) in [5.74, 6) is -0.207. The van der Waals surface area contributed by atoms with Gasteiger partial charge in [-0.05, 0) is 42.1 Å². The quantitative estimate of drug-likeness (QED) is 0.664. The lowest BCUT2D eigenvalue weighted by atomic mass is 9.94. The van der Waals surface area contributed by atoms with Gasteiger partial charge in [0, 0.05) is 0 Å². The number of carbonyl (C=O) groups excluding carboxylic acids is 1. The molecule has 0 aliphatic rings. The fraction of sp³-hybridized carbons (Fsp3) is 0.364. The van der Waals surface area contributed by atoms with E-state index in [1.807, 2.05) is 39.0 Å². The van der Waals surface area contributed by atoms with Crippen molar-refractivity contribution in [2.75, 3.05) is 0 Å². The first-order chi connectivity index (χ1) is 6.04. The number of benzene rings is 1. The number of carbonyl (C=O) groups is 1. The third kappa shape index (κ3) is 2.10. The summed E-state index contributed by atoms with van der Waals surface area (Å²) in [5.41, 5.74) is 3.38. The van der Waals surface area contributed by atoms with Crippen molar-refractivity contribution in [3.8, 4) is 0 Å². The molecule has 1 atom stereocenters. The van der Waals surface area contributed by atoms with Crippen LogP contribution in [-0.4, -0.2) is 5.24 Å². The van der Waals surface area contributed by atoms with Crippen LogP contribution in [-0.2, 0) is 4.79 Å². The summed E-state index contributed by atoms with van der Waals surface area (Å²) < 4.78 is 0. The molecule has 0 unspecified atom stereocenters. The van der Waals surface area contributed by atoms with Crippen LogP contribution in [0.3, 0.4) is 0 Å². The van der Waals surface area contributed by atoms with Crippen LogP contribution in [0.1, 0.15) is 29.5 Å². The minimum Gasteiger partial charge on any atom is -0.281 e. The lowest BCUT2D eigenvalue weighted by Gasteiger charge is -2.11. The molecule has 70 valence electrons. The molecule has 0 heterocycles. The second kappa shape index (κ2) is 3.93. The van der Waals surface area contributed by atoms with Gasteiger partial charge >= 0.3 is 0 Å². The van der Waals surface area contributed by atoms with Gasteiger partial charge in [-0.3, -0.25) is 4.79 Å². The monoisotopic (exact) mass is 196 g/mol. The highest BCUT2D eigenvalue weighted by Gasteiger charge is 2.14. The normalized spacial score (nSPS) is 12.6. The van der Waals surface area contributed by atoms with Crippen molar-refractivity contribution < 1.29 is 4.79 Å². The van der Waals surface area contributed by atoms with Crippen LogP contribution >= 0.6 is 11.6 Å². The van der Waals surface area contributed by atoms with Crippen molar-refractivity contribution in [3.63, 3.8) is 0 Å². The summed E-state index contributed by atoms with van der Waals surface area (Å²) in [6.45, 7) is 5.88. The Labute approximate surface area is 83.7 Å². The van der Waals surface area contributed by atoms with E-state index in [0.29, 0.717) is 0 Å². The maximum Gasteiger partial charge on any atom is 0.228 e. The van der Waals surface area contributed by atoms with E-state index in [1.165, 1.54) is 5.56 Å². The number of hydrogen-bond acceptors (Lipinski definition) is 1. The summed E-state index contributed by atoms with van der Waals surface area (Å²) in [5, 5.41) is -0.297. The predicted octanol–water partition coefficient (Wildman–Crippen LogP) is 3.17. The van der Waals surface area contributed by atoms with Crippen molar-refractivity contribution in [2.24, 2.45) is 0 Å². The molecule has 0 amide bonds. The van der Waals surface area contributed by atoms with Gasteiger partial charge in [0.2, 0.25) is 5.24 Å². The number of aryl methyl sites for hydroxylation is 1. The maximum atomic E-state index is 11.0. The largest absolute Gasteiger partial charge is 0.281 e. The Hall–Kier alpha value is -0.820. The summed E-state index contributed by atoms with van der Waals surface area (Å²) in [7, 11) is 0. The molecule has 0 saturated carbocycles. The van der Waals surface area contributed by atoms with Crippen molar-refractivity contribution >= 4 is 16.8 Å². The topological polar surface area (TPSA) is 17.1 Å². The minimum atomic E-state index is -0.297. The van der Waals surface area contributed by atoms with Crippen molar-refractivity contribution in [3.05, 3.63) is 34.9 Å². The lowest BCUT2D eigenvalue weighted by Crippen LogP contribution is -2.04. The molecule has 0 aliphatic heterocycles. The SMILES string of the molecule is Cc1cccc([C@H](C)C(=O)Cl)c1C. The van der Waals surface area contributed by atoms with Gasteiger partial charge in [-0.1, -0.05) is 25.1 Å². The molecule has 0 bridgehead atoms. The van der Waals surface area contributed by atoms with E-state index >= 15 is 0 Å². The molecule has 0 fully saturated rings. The standard InChI is InChI=1S/C11H13ClO/c1-7-5-4-6-10(8(7)2)9(3)11(12)13/h4-6,9H,1-3H3/t9-/m0/s1. The molecule has 0 N–H and O–H groups in total. The van der Waals surface area contributed by atoms with Crippen LogP contribution in [0.25, 0.3) is 0 Å². The van der Waals surface area contributed by atoms with E-state index in [2.05, 4.69) is 0 Å². The van der Waals surface area contributed by atoms with E-state index in [1.54, 1.807) is 0 Å². The maximum absolute atomic E-state index is 11.0. The average Bonchev–Trinajstić information content (AvgIpc) is 2.08. The molecule has 0 saturated heterocycles. The summed E-state index contributed by atoms with van der Waals surface area (Å²) in [4.78, 5) is 11.0. The predicted molar refractivity (Wildman–Crippen MR) is 55.2 cm³/mol. The summed E-state index contributed by atoms with van der Waals surface area (Å²) in [6, 6.07) is 5.94. The minimum absolute atomic E-state index is 0.207. The zero-order valence-electron chi connectivity index (χ0n) is 8.10. The fourth-order valence-electron chi connectivity index (χ4n) is 1.37. The summed E-state index contributed by atoms with van der Waals surface area (Å²) >= 11 is 5.45. The third-order valence-corrected chi connectivity index (χ3v) is 2.78. The van der Waals surface area contributed by atoms with Gasteiger partial charge in [0.1, 0.15) is 0 Å². The first-order valence-corrected chi connectivity index (χ1v) is 4.67. The van der Waals surface area contributed by atoms with E-state index in [9.17, 15) is 4.79 Å². The van der Waals surface area contributed by atoms with Crippen LogP contribution in [0.15, 0.2) is 18.2 Å². The molecule has 1 rings (SSSR count). The van der Waals surface area contributed by atoms with Gasteiger partial charge in [0.25, 0.3) is 0 Å². The van der Waals surface area contributed by atoms with Crippen LogP contribution < -0.4 is 0 Å². The Bertz CT molecular complexity index is 331.